The molecule has 2 aromatic carbocycles. The van der Waals surface area contributed by atoms with E-state index in [9.17, 15) is 26.7 Å². The molecule has 164 valence electrons. The Morgan fingerprint density at radius 3 is 2.37 bits per heavy atom. The Labute approximate surface area is 169 Å². The number of unbranched alkanes of at least 4 members (excludes halogenated alkanes) is 1. The molecule has 0 aliphatic carbocycles. The summed E-state index contributed by atoms with van der Waals surface area (Å²) in [6, 6.07) is 6.18. The number of anilines is 1. The maximum atomic E-state index is 13.1. The summed E-state index contributed by atoms with van der Waals surface area (Å²) in [6.45, 7) is -0.905. The van der Waals surface area contributed by atoms with Crippen molar-refractivity contribution in [2.24, 2.45) is 0 Å². The SMILES string of the molecule is CCCCOc1ccc(C(F)(F)F)cc1NC(=O)c1ccc(OC(F)F)c(OC)c1. The van der Waals surface area contributed by atoms with E-state index in [1.807, 2.05) is 6.92 Å². The number of alkyl halides is 5. The molecule has 0 aliphatic heterocycles. The van der Waals surface area contributed by atoms with Crippen LogP contribution in [0.3, 0.4) is 0 Å². The Morgan fingerprint density at radius 2 is 1.77 bits per heavy atom. The lowest BCUT2D eigenvalue weighted by atomic mass is 10.1. The molecular weight excluding hydrogens is 413 g/mol. The Morgan fingerprint density at radius 1 is 1.07 bits per heavy atom. The second-order valence-electron chi connectivity index (χ2n) is 6.11. The number of benzene rings is 2. The van der Waals surface area contributed by atoms with Gasteiger partial charge in [0.1, 0.15) is 5.75 Å². The molecule has 2 rings (SSSR count). The van der Waals surface area contributed by atoms with Gasteiger partial charge in [-0.2, -0.15) is 22.0 Å². The highest BCUT2D eigenvalue weighted by Gasteiger charge is 2.31. The van der Waals surface area contributed by atoms with Gasteiger partial charge in [-0.05, 0) is 42.8 Å². The number of halogens is 5. The van der Waals surface area contributed by atoms with Crippen LogP contribution in [-0.2, 0) is 6.18 Å². The molecule has 1 N–H and O–H groups in total. The Hall–Kier alpha value is -3.04. The average molecular weight is 433 g/mol. The Balaban J connectivity index is 2.31. The number of ether oxygens (including phenoxy) is 3. The van der Waals surface area contributed by atoms with Crippen LogP contribution in [0.15, 0.2) is 36.4 Å². The fourth-order valence-electron chi connectivity index (χ4n) is 2.45. The van der Waals surface area contributed by atoms with E-state index in [0.717, 1.165) is 36.8 Å². The fourth-order valence-corrected chi connectivity index (χ4v) is 2.45. The van der Waals surface area contributed by atoms with E-state index >= 15 is 0 Å². The minimum absolute atomic E-state index is 0.0367. The van der Waals surface area contributed by atoms with E-state index in [0.29, 0.717) is 6.42 Å². The first-order valence-corrected chi connectivity index (χ1v) is 8.94. The van der Waals surface area contributed by atoms with E-state index < -0.39 is 24.3 Å². The molecule has 0 radical (unpaired) electrons. The smallest absolute Gasteiger partial charge is 0.416 e. The molecule has 0 aliphatic rings. The van der Waals surface area contributed by atoms with E-state index in [-0.39, 0.29) is 35.1 Å². The summed E-state index contributed by atoms with van der Waals surface area (Å²) < 4.78 is 78.7. The zero-order chi connectivity index (χ0) is 22.3. The van der Waals surface area contributed by atoms with Crippen molar-refractivity contribution in [3.63, 3.8) is 0 Å². The van der Waals surface area contributed by atoms with Crippen molar-refractivity contribution in [1.82, 2.24) is 0 Å². The predicted molar refractivity (Wildman–Crippen MR) is 99.4 cm³/mol. The summed E-state index contributed by atoms with van der Waals surface area (Å²) >= 11 is 0. The molecule has 0 spiro atoms. The number of hydrogen-bond acceptors (Lipinski definition) is 4. The van der Waals surface area contributed by atoms with Gasteiger partial charge in [-0.3, -0.25) is 4.79 Å². The van der Waals surface area contributed by atoms with Crippen molar-refractivity contribution in [1.29, 1.82) is 0 Å². The van der Waals surface area contributed by atoms with Crippen LogP contribution in [-0.4, -0.2) is 26.2 Å². The molecule has 0 fully saturated rings. The molecule has 1 amide bonds. The van der Waals surface area contributed by atoms with Crippen molar-refractivity contribution in [2.75, 3.05) is 19.0 Å². The van der Waals surface area contributed by atoms with Gasteiger partial charge in [0.05, 0.1) is 25.0 Å². The third-order valence-corrected chi connectivity index (χ3v) is 3.95. The van der Waals surface area contributed by atoms with E-state index in [1.54, 1.807) is 0 Å². The lowest BCUT2D eigenvalue weighted by molar-refractivity contribution is -0.137. The average Bonchev–Trinajstić information content (AvgIpc) is 2.68. The molecule has 2 aromatic rings. The number of hydrogen-bond donors (Lipinski definition) is 1. The summed E-state index contributed by atoms with van der Waals surface area (Å²) in [5.74, 6) is -1.12. The maximum Gasteiger partial charge on any atom is 0.416 e. The van der Waals surface area contributed by atoms with Crippen LogP contribution in [0, 0.1) is 0 Å². The number of rotatable bonds is 9. The second-order valence-corrected chi connectivity index (χ2v) is 6.11. The van der Waals surface area contributed by atoms with E-state index in [4.69, 9.17) is 9.47 Å². The van der Waals surface area contributed by atoms with Crippen LogP contribution in [0.25, 0.3) is 0 Å². The monoisotopic (exact) mass is 433 g/mol. The lowest BCUT2D eigenvalue weighted by Crippen LogP contribution is -2.15. The first-order valence-electron chi connectivity index (χ1n) is 8.94. The molecule has 10 heteroatoms. The highest BCUT2D eigenvalue weighted by Crippen LogP contribution is 2.36. The van der Waals surface area contributed by atoms with Crippen LogP contribution >= 0.6 is 0 Å². The minimum atomic E-state index is -4.61. The van der Waals surface area contributed by atoms with Crippen molar-refractivity contribution in [3.05, 3.63) is 47.5 Å². The summed E-state index contributed by atoms with van der Waals surface area (Å²) in [5.41, 5.74) is -1.16. The zero-order valence-electron chi connectivity index (χ0n) is 16.2. The van der Waals surface area contributed by atoms with Crippen LogP contribution in [0.2, 0.25) is 0 Å². The van der Waals surface area contributed by atoms with Gasteiger partial charge in [0.25, 0.3) is 5.91 Å². The molecule has 0 bridgehead atoms. The number of methoxy groups -OCH3 is 1. The number of carbonyl (C=O) groups is 1. The summed E-state index contributed by atoms with van der Waals surface area (Å²) in [7, 11) is 1.20. The van der Waals surface area contributed by atoms with Crippen molar-refractivity contribution in [3.8, 4) is 17.2 Å². The van der Waals surface area contributed by atoms with Crippen molar-refractivity contribution >= 4 is 11.6 Å². The number of nitrogens with one attached hydrogen (secondary N) is 1. The minimum Gasteiger partial charge on any atom is -0.493 e. The third-order valence-electron chi connectivity index (χ3n) is 3.95. The van der Waals surface area contributed by atoms with Gasteiger partial charge in [-0.1, -0.05) is 13.3 Å². The molecule has 0 atom stereocenters. The molecule has 0 saturated heterocycles. The molecule has 5 nitrogen and oxygen atoms in total. The molecule has 0 saturated carbocycles. The molecule has 0 heterocycles. The Kier molecular flexibility index (Phi) is 7.85. The van der Waals surface area contributed by atoms with Crippen LogP contribution in [0.1, 0.15) is 35.7 Å². The molecule has 30 heavy (non-hydrogen) atoms. The van der Waals surface area contributed by atoms with Gasteiger partial charge in [0.15, 0.2) is 11.5 Å². The summed E-state index contributed by atoms with van der Waals surface area (Å²) in [6.07, 6.45) is -3.12. The van der Waals surface area contributed by atoms with Crippen LogP contribution in [0.5, 0.6) is 17.2 Å². The third kappa shape index (κ3) is 6.23. The fraction of sp³-hybridized carbons (Fsp3) is 0.350. The highest BCUT2D eigenvalue weighted by molar-refractivity contribution is 6.05. The van der Waals surface area contributed by atoms with Gasteiger partial charge in [-0.25, -0.2) is 0 Å². The summed E-state index contributed by atoms with van der Waals surface area (Å²) in [4.78, 5) is 12.6. The Bertz CT molecular complexity index is 871. The molecule has 0 aromatic heterocycles. The highest BCUT2D eigenvalue weighted by atomic mass is 19.4. The van der Waals surface area contributed by atoms with Gasteiger partial charge in [0, 0.05) is 5.56 Å². The quantitative estimate of drug-likeness (QED) is 0.404. The number of amides is 1. The topological polar surface area (TPSA) is 56.8 Å². The van der Waals surface area contributed by atoms with Gasteiger partial charge in [0.2, 0.25) is 0 Å². The van der Waals surface area contributed by atoms with Gasteiger partial charge in [-0.15, -0.1) is 0 Å². The predicted octanol–water partition coefficient (Wildman–Crippen LogP) is 5.75. The standard InChI is InChI=1S/C20H20F5NO4/c1-3-4-9-29-15-8-6-13(20(23,24)25)11-14(15)26-18(27)12-5-7-16(30-19(21)22)17(10-12)28-2/h5-8,10-11,19H,3-4,9H2,1-2H3,(H,26,27). The van der Waals surface area contributed by atoms with Crippen molar-refractivity contribution in [2.45, 2.75) is 32.6 Å². The zero-order valence-corrected chi connectivity index (χ0v) is 16.2. The largest absolute Gasteiger partial charge is 0.493 e. The van der Waals surface area contributed by atoms with E-state index in [1.165, 1.54) is 13.2 Å². The maximum absolute atomic E-state index is 13.1. The first-order chi connectivity index (χ1) is 14.2. The number of carbonyl (C=O) groups excluding carboxylic acids is 1. The molecule has 0 unspecified atom stereocenters. The molecular formula is C20H20F5NO4. The van der Waals surface area contributed by atoms with Crippen LogP contribution < -0.4 is 19.5 Å². The van der Waals surface area contributed by atoms with Crippen molar-refractivity contribution < 1.29 is 41.0 Å². The van der Waals surface area contributed by atoms with E-state index in [2.05, 4.69) is 10.1 Å². The normalized spacial score (nSPS) is 11.3. The van der Waals surface area contributed by atoms with Gasteiger partial charge < -0.3 is 19.5 Å². The first kappa shape index (κ1) is 23.2. The second kappa shape index (κ2) is 10.1. The summed E-state index contributed by atoms with van der Waals surface area (Å²) in [5, 5.41) is 2.37. The van der Waals surface area contributed by atoms with Crippen LogP contribution in [0.4, 0.5) is 27.6 Å². The van der Waals surface area contributed by atoms with Gasteiger partial charge >= 0.3 is 12.8 Å². The lowest BCUT2D eigenvalue weighted by Gasteiger charge is -2.16.